The molecule has 0 aliphatic carbocycles. The zero-order valence-electron chi connectivity index (χ0n) is 59.7. The largest absolute Gasteiger partial charge is 0.472 e. The third-order valence-corrected chi connectivity index (χ3v) is 18.9. The van der Waals surface area contributed by atoms with Crippen LogP contribution in [0.15, 0.2) is 0 Å². The minimum Gasteiger partial charge on any atom is -0.462 e. The number of rotatable bonds is 73. The van der Waals surface area contributed by atoms with Crippen LogP contribution in [0.2, 0.25) is 0 Å². The summed E-state index contributed by atoms with van der Waals surface area (Å²) in [6.45, 7) is 7.23. The first-order chi connectivity index (χ1) is 44.5. The van der Waals surface area contributed by atoms with E-state index < -0.39 is 97.5 Å². The van der Waals surface area contributed by atoms with Crippen LogP contribution in [0, 0.1) is 5.92 Å². The zero-order chi connectivity index (χ0) is 67.7. The smallest absolute Gasteiger partial charge is 0.462 e. The van der Waals surface area contributed by atoms with Gasteiger partial charge in [0.2, 0.25) is 0 Å². The molecule has 0 aromatic carbocycles. The van der Waals surface area contributed by atoms with E-state index in [9.17, 15) is 43.2 Å². The summed E-state index contributed by atoms with van der Waals surface area (Å²) in [6.07, 6.45) is 54.0. The van der Waals surface area contributed by atoms with Crippen LogP contribution in [0.1, 0.15) is 381 Å². The predicted octanol–water partition coefficient (Wildman–Crippen LogP) is 21.3. The molecule has 0 aliphatic rings. The Balaban J connectivity index is 5.24. The Morgan fingerprint density at radius 2 is 0.500 bits per heavy atom. The molecule has 0 aromatic rings. The van der Waals surface area contributed by atoms with Crippen molar-refractivity contribution in [1.82, 2.24) is 0 Å². The molecule has 0 aromatic heterocycles. The number of carbonyl (C=O) groups excluding carboxylic acids is 4. The highest BCUT2D eigenvalue weighted by atomic mass is 31.2. The van der Waals surface area contributed by atoms with E-state index in [0.29, 0.717) is 25.7 Å². The number of hydrogen-bond donors (Lipinski definition) is 3. The van der Waals surface area contributed by atoms with E-state index in [4.69, 9.17) is 37.0 Å². The summed E-state index contributed by atoms with van der Waals surface area (Å²) in [5.74, 6) is -1.40. The van der Waals surface area contributed by atoms with Crippen LogP contribution in [0.5, 0.6) is 0 Å². The summed E-state index contributed by atoms with van der Waals surface area (Å²) >= 11 is 0. The molecule has 0 amide bonds. The molecule has 546 valence electrons. The normalized spacial score (nSPS) is 14.0. The van der Waals surface area contributed by atoms with Crippen LogP contribution in [-0.4, -0.2) is 96.7 Å². The van der Waals surface area contributed by atoms with Crippen molar-refractivity contribution in [2.75, 3.05) is 39.6 Å². The van der Waals surface area contributed by atoms with Crippen molar-refractivity contribution >= 4 is 39.5 Å². The molecule has 0 saturated heterocycles. The van der Waals surface area contributed by atoms with Crippen LogP contribution in [-0.2, 0) is 65.4 Å². The Hall–Kier alpha value is -1.94. The summed E-state index contributed by atoms with van der Waals surface area (Å²) < 4.78 is 68.4. The SMILES string of the molecule is CCCCCCCCCCCCCCCCCC(=O)OC[C@H](COP(=O)(O)OC[C@@H](O)COP(=O)(O)OC[C@@H](COC(=O)CCCCCCCCCCCCC)OC(=O)CCCCCCCCCCC(C)C)OC(=O)CCCCCCCCCCCCCCCCC. The topological polar surface area (TPSA) is 237 Å². The lowest BCUT2D eigenvalue weighted by molar-refractivity contribution is -0.161. The molecule has 92 heavy (non-hydrogen) atoms. The lowest BCUT2D eigenvalue weighted by atomic mass is 10.0. The van der Waals surface area contributed by atoms with Gasteiger partial charge < -0.3 is 33.8 Å². The molecule has 0 saturated carbocycles. The monoisotopic (exact) mass is 1350 g/mol. The van der Waals surface area contributed by atoms with Gasteiger partial charge in [-0.2, -0.15) is 0 Å². The van der Waals surface area contributed by atoms with Crippen molar-refractivity contribution < 1.29 is 80.2 Å². The standard InChI is InChI=1S/C73H142O17P2/c1-6-9-12-15-18-21-24-26-28-30-33-36-42-47-52-57-71(76)84-62-68(89-72(77)58-53-48-43-37-34-31-29-27-25-22-19-16-13-10-7-2)64-87-91(79,80)85-60-67(74)61-86-92(81,82)88-65-69(90-73(78)59-54-49-44-39-38-40-45-50-55-66(4)5)63-83-70(75)56-51-46-41-35-32-23-20-17-14-11-8-3/h66-69,74H,6-65H2,1-5H3,(H,79,80)(H,81,82)/t67-,68-,69-/m1/s1. The molecular weight excluding hydrogens is 1210 g/mol. The molecule has 0 spiro atoms. The fraction of sp³-hybridized carbons (Fsp3) is 0.945. The van der Waals surface area contributed by atoms with Gasteiger partial charge in [0, 0.05) is 25.7 Å². The maximum Gasteiger partial charge on any atom is 0.472 e. The van der Waals surface area contributed by atoms with E-state index in [2.05, 4.69) is 34.6 Å². The second-order valence-electron chi connectivity index (χ2n) is 26.8. The first kappa shape index (κ1) is 90.1. The molecule has 0 fully saturated rings. The van der Waals surface area contributed by atoms with Gasteiger partial charge in [-0.3, -0.25) is 37.3 Å². The first-order valence-corrected chi connectivity index (χ1v) is 41.1. The third-order valence-electron chi connectivity index (χ3n) is 17.0. The number of phosphoric ester groups is 2. The average molecular weight is 1350 g/mol. The molecule has 0 aliphatic heterocycles. The van der Waals surface area contributed by atoms with Crippen LogP contribution in [0.25, 0.3) is 0 Å². The average Bonchev–Trinajstić information content (AvgIpc) is 1.98. The number of carbonyl (C=O) groups is 4. The molecule has 19 heteroatoms. The molecule has 0 radical (unpaired) electrons. The Labute approximate surface area is 562 Å². The lowest BCUT2D eigenvalue weighted by Crippen LogP contribution is -2.30. The minimum absolute atomic E-state index is 0.105. The number of hydrogen-bond acceptors (Lipinski definition) is 15. The predicted molar refractivity (Wildman–Crippen MR) is 372 cm³/mol. The Kier molecular flexibility index (Phi) is 64.9. The van der Waals surface area contributed by atoms with Gasteiger partial charge in [0.1, 0.15) is 19.3 Å². The molecule has 0 bridgehead atoms. The van der Waals surface area contributed by atoms with Gasteiger partial charge in [0.25, 0.3) is 0 Å². The van der Waals surface area contributed by atoms with Crippen LogP contribution in [0.4, 0.5) is 0 Å². The Morgan fingerprint density at radius 3 is 0.739 bits per heavy atom. The Morgan fingerprint density at radius 1 is 0.293 bits per heavy atom. The maximum absolute atomic E-state index is 13.1. The van der Waals surface area contributed by atoms with Crippen molar-refractivity contribution in [3.8, 4) is 0 Å². The maximum atomic E-state index is 13.1. The number of phosphoric acid groups is 2. The van der Waals surface area contributed by atoms with Gasteiger partial charge in [-0.15, -0.1) is 0 Å². The number of ether oxygens (including phenoxy) is 4. The third kappa shape index (κ3) is 66.7. The van der Waals surface area contributed by atoms with Gasteiger partial charge >= 0.3 is 39.5 Å². The van der Waals surface area contributed by atoms with E-state index in [1.165, 1.54) is 205 Å². The van der Waals surface area contributed by atoms with E-state index in [1.54, 1.807) is 0 Å². The number of esters is 4. The van der Waals surface area contributed by atoms with Gasteiger partial charge in [0.05, 0.1) is 26.4 Å². The van der Waals surface area contributed by atoms with Crippen molar-refractivity contribution in [2.45, 2.75) is 400 Å². The van der Waals surface area contributed by atoms with Crippen LogP contribution in [0.3, 0.4) is 0 Å². The van der Waals surface area contributed by atoms with Crippen LogP contribution < -0.4 is 0 Å². The molecule has 5 atom stereocenters. The molecule has 3 N–H and O–H groups in total. The molecule has 0 rings (SSSR count). The Bertz CT molecular complexity index is 1770. The molecule has 17 nitrogen and oxygen atoms in total. The fourth-order valence-corrected chi connectivity index (χ4v) is 12.8. The van der Waals surface area contributed by atoms with E-state index in [-0.39, 0.29) is 25.7 Å². The van der Waals surface area contributed by atoms with Gasteiger partial charge in [-0.05, 0) is 31.6 Å². The van der Waals surface area contributed by atoms with Crippen molar-refractivity contribution in [3.63, 3.8) is 0 Å². The minimum atomic E-state index is -4.95. The highest BCUT2D eigenvalue weighted by Gasteiger charge is 2.30. The second kappa shape index (κ2) is 66.3. The van der Waals surface area contributed by atoms with E-state index >= 15 is 0 Å². The zero-order valence-corrected chi connectivity index (χ0v) is 61.5. The fourth-order valence-electron chi connectivity index (χ4n) is 11.2. The summed E-state index contributed by atoms with van der Waals surface area (Å²) in [7, 11) is -9.90. The van der Waals surface area contributed by atoms with E-state index in [1.807, 2.05) is 0 Å². The quantitative estimate of drug-likeness (QED) is 0.0222. The summed E-state index contributed by atoms with van der Waals surface area (Å²) in [5.41, 5.74) is 0. The van der Waals surface area contributed by atoms with Gasteiger partial charge in [0.15, 0.2) is 12.2 Å². The molecule has 2 unspecified atom stereocenters. The number of aliphatic hydroxyl groups excluding tert-OH is 1. The first-order valence-electron chi connectivity index (χ1n) is 38.1. The van der Waals surface area contributed by atoms with Crippen molar-refractivity contribution in [3.05, 3.63) is 0 Å². The van der Waals surface area contributed by atoms with E-state index in [0.717, 1.165) is 95.8 Å². The molecular formula is C73H142O17P2. The van der Waals surface area contributed by atoms with Crippen molar-refractivity contribution in [2.24, 2.45) is 5.92 Å². The summed E-state index contributed by atoms with van der Waals surface area (Å²) in [5, 5.41) is 10.6. The number of unbranched alkanes of at least 4 members (excludes halogenated alkanes) is 45. The molecule has 0 heterocycles. The van der Waals surface area contributed by atoms with Crippen molar-refractivity contribution in [1.29, 1.82) is 0 Å². The van der Waals surface area contributed by atoms with Crippen LogP contribution >= 0.6 is 15.6 Å². The summed E-state index contributed by atoms with van der Waals surface area (Å²) in [4.78, 5) is 72.7. The lowest BCUT2D eigenvalue weighted by Gasteiger charge is -2.21. The summed E-state index contributed by atoms with van der Waals surface area (Å²) in [6, 6.07) is 0. The van der Waals surface area contributed by atoms with Gasteiger partial charge in [-0.25, -0.2) is 9.13 Å². The number of aliphatic hydroxyl groups is 1. The second-order valence-corrected chi connectivity index (χ2v) is 29.7. The highest BCUT2D eigenvalue weighted by Crippen LogP contribution is 2.45. The van der Waals surface area contributed by atoms with Gasteiger partial charge in [-0.1, -0.05) is 330 Å². The highest BCUT2D eigenvalue weighted by molar-refractivity contribution is 7.47.